The van der Waals surface area contributed by atoms with Crippen molar-refractivity contribution < 1.29 is 15.3 Å². The largest absolute Gasteiger partial charge is 0.508 e. The van der Waals surface area contributed by atoms with E-state index in [9.17, 15) is 15.3 Å². The summed E-state index contributed by atoms with van der Waals surface area (Å²) < 4.78 is 0. The summed E-state index contributed by atoms with van der Waals surface area (Å²) in [4.78, 5) is 12.4. The summed E-state index contributed by atoms with van der Waals surface area (Å²) in [5.74, 6) is 0.193. The molecule has 0 atom stereocenters. The number of anilines is 5. The molecule has 1 heterocycles. The average molecular weight is 376 g/mol. The molecule has 9 heteroatoms. The summed E-state index contributed by atoms with van der Waals surface area (Å²) >= 11 is 0. The van der Waals surface area contributed by atoms with E-state index in [1.54, 1.807) is 24.3 Å². The van der Waals surface area contributed by atoms with Gasteiger partial charge in [0.1, 0.15) is 23.6 Å². The molecule has 0 aliphatic carbocycles. The van der Waals surface area contributed by atoms with Crippen molar-refractivity contribution in [3.8, 4) is 17.2 Å². The molecular weight excluding hydrogens is 360 g/mol. The van der Waals surface area contributed by atoms with Crippen LogP contribution in [0.3, 0.4) is 0 Å². The van der Waals surface area contributed by atoms with E-state index in [4.69, 9.17) is 5.73 Å². The summed E-state index contributed by atoms with van der Waals surface area (Å²) in [6.07, 6.45) is 1.33. The molecule has 140 valence electrons. The molecule has 0 saturated heterocycles. The summed E-state index contributed by atoms with van der Waals surface area (Å²) in [5, 5.41) is 36.7. The molecular formula is C19H16N6O3. The van der Waals surface area contributed by atoms with Crippen molar-refractivity contribution in [1.29, 1.82) is 0 Å². The van der Waals surface area contributed by atoms with Gasteiger partial charge in [-0.25, -0.2) is 9.97 Å². The van der Waals surface area contributed by atoms with Gasteiger partial charge < -0.3 is 31.7 Å². The third-order valence-electron chi connectivity index (χ3n) is 3.98. The molecule has 0 amide bonds. The van der Waals surface area contributed by atoms with Gasteiger partial charge >= 0.3 is 0 Å². The number of hydrogen-bond acceptors (Lipinski definition) is 9. The summed E-state index contributed by atoms with van der Waals surface area (Å²) in [7, 11) is 0. The predicted octanol–water partition coefficient (Wildman–Crippen LogP) is 3.21. The third-order valence-corrected chi connectivity index (χ3v) is 3.98. The Morgan fingerprint density at radius 1 is 0.786 bits per heavy atom. The van der Waals surface area contributed by atoms with E-state index in [2.05, 4.69) is 25.6 Å². The smallest absolute Gasteiger partial charge is 0.232 e. The highest BCUT2D eigenvalue weighted by atomic mass is 16.3. The van der Waals surface area contributed by atoms with Crippen molar-refractivity contribution in [1.82, 2.24) is 15.0 Å². The van der Waals surface area contributed by atoms with Crippen LogP contribution in [0.2, 0.25) is 0 Å². The SMILES string of the molecule is Nc1ccc(Nc2ncnc(Nc3cc(O)cc4cc(O)cc(O)c34)n2)cc1. The minimum atomic E-state index is -0.147. The third kappa shape index (κ3) is 3.49. The average Bonchev–Trinajstić information content (AvgIpc) is 2.63. The number of rotatable bonds is 4. The van der Waals surface area contributed by atoms with E-state index in [1.165, 1.54) is 30.6 Å². The molecule has 4 rings (SSSR count). The number of aromatic hydroxyl groups is 3. The normalized spacial score (nSPS) is 10.7. The first kappa shape index (κ1) is 17.2. The number of nitrogens with one attached hydrogen (secondary N) is 2. The fraction of sp³-hybridized carbons (Fsp3) is 0. The molecule has 0 radical (unpaired) electrons. The van der Waals surface area contributed by atoms with Gasteiger partial charge in [-0.2, -0.15) is 4.98 Å². The zero-order valence-electron chi connectivity index (χ0n) is 14.5. The Kier molecular flexibility index (Phi) is 4.17. The first-order valence-electron chi connectivity index (χ1n) is 8.25. The Labute approximate surface area is 159 Å². The summed E-state index contributed by atoms with van der Waals surface area (Å²) in [5.41, 5.74) is 7.44. The molecule has 0 fully saturated rings. The van der Waals surface area contributed by atoms with Crippen LogP contribution in [-0.2, 0) is 0 Å². The summed E-state index contributed by atoms with van der Waals surface area (Å²) in [6, 6.07) is 12.6. The lowest BCUT2D eigenvalue weighted by Crippen LogP contribution is -2.03. The number of nitrogens with zero attached hydrogens (tertiary/aromatic N) is 3. The molecule has 0 aliphatic rings. The number of nitrogen functional groups attached to an aromatic ring is 1. The highest BCUT2D eigenvalue weighted by Crippen LogP contribution is 2.38. The highest BCUT2D eigenvalue weighted by molar-refractivity contribution is 6.01. The van der Waals surface area contributed by atoms with Crippen molar-refractivity contribution in [3.05, 3.63) is 54.9 Å². The maximum absolute atomic E-state index is 10.2. The topological polar surface area (TPSA) is 149 Å². The van der Waals surface area contributed by atoms with Crippen molar-refractivity contribution in [2.24, 2.45) is 0 Å². The Balaban J connectivity index is 1.67. The van der Waals surface area contributed by atoms with Gasteiger partial charge in [0.15, 0.2) is 0 Å². The van der Waals surface area contributed by atoms with Crippen molar-refractivity contribution in [3.63, 3.8) is 0 Å². The van der Waals surface area contributed by atoms with Gasteiger partial charge in [-0.1, -0.05) is 0 Å². The van der Waals surface area contributed by atoms with E-state index >= 15 is 0 Å². The van der Waals surface area contributed by atoms with Gasteiger partial charge in [-0.3, -0.25) is 0 Å². The fourth-order valence-electron chi connectivity index (χ4n) is 2.79. The molecule has 1 aromatic heterocycles. The molecule has 9 nitrogen and oxygen atoms in total. The fourth-order valence-corrected chi connectivity index (χ4v) is 2.79. The Hall–Kier alpha value is -4.27. The quantitative estimate of drug-likeness (QED) is 0.295. The highest BCUT2D eigenvalue weighted by Gasteiger charge is 2.12. The molecule has 0 saturated carbocycles. The monoisotopic (exact) mass is 376 g/mol. The number of phenols is 3. The van der Waals surface area contributed by atoms with Gasteiger partial charge in [0, 0.05) is 28.9 Å². The standard InChI is InChI=1S/C19H16N6O3/c20-11-1-3-12(4-2-11)23-18-21-9-22-19(25-18)24-15-7-13(26)5-10-6-14(27)8-16(28)17(10)15/h1-9,26-28H,20H2,(H2,21,22,23,24,25). The number of nitrogens with two attached hydrogens (primary N) is 1. The molecule has 0 spiro atoms. The van der Waals surface area contributed by atoms with Crippen molar-refractivity contribution in [2.75, 3.05) is 16.4 Å². The molecule has 28 heavy (non-hydrogen) atoms. The minimum Gasteiger partial charge on any atom is -0.508 e. The van der Waals surface area contributed by atoms with Crippen LogP contribution in [0.4, 0.5) is 29.0 Å². The number of hydrogen-bond donors (Lipinski definition) is 6. The van der Waals surface area contributed by atoms with E-state index < -0.39 is 0 Å². The maximum atomic E-state index is 10.2. The first-order valence-corrected chi connectivity index (χ1v) is 8.25. The second-order valence-electron chi connectivity index (χ2n) is 6.06. The van der Waals surface area contributed by atoms with Gasteiger partial charge in [0.2, 0.25) is 11.9 Å². The van der Waals surface area contributed by atoms with Gasteiger partial charge in [0.05, 0.1) is 5.69 Å². The van der Waals surface area contributed by atoms with Crippen molar-refractivity contribution in [2.45, 2.75) is 0 Å². The van der Waals surface area contributed by atoms with Crippen molar-refractivity contribution >= 4 is 39.7 Å². The minimum absolute atomic E-state index is 0.0470. The van der Waals surface area contributed by atoms with Crippen LogP contribution >= 0.6 is 0 Å². The summed E-state index contributed by atoms with van der Waals surface area (Å²) in [6.45, 7) is 0. The molecule has 0 bridgehead atoms. The van der Waals surface area contributed by atoms with Crippen LogP contribution in [0, 0.1) is 0 Å². The Morgan fingerprint density at radius 2 is 1.43 bits per heavy atom. The number of phenolic OH excluding ortho intramolecular Hbond substituents is 3. The van der Waals surface area contributed by atoms with Gasteiger partial charge in [-0.05, 0) is 41.8 Å². The van der Waals surface area contributed by atoms with Crippen LogP contribution in [-0.4, -0.2) is 30.3 Å². The molecule has 4 aromatic rings. The van der Waals surface area contributed by atoms with E-state index in [0.29, 0.717) is 28.1 Å². The molecule has 0 aliphatic heterocycles. The molecule has 0 unspecified atom stereocenters. The van der Waals surface area contributed by atoms with Crippen LogP contribution in [0.25, 0.3) is 10.8 Å². The number of aromatic nitrogens is 3. The second-order valence-corrected chi connectivity index (χ2v) is 6.06. The van der Waals surface area contributed by atoms with Crippen LogP contribution in [0.1, 0.15) is 0 Å². The number of benzene rings is 3. The maximum Gasteiger partial charge on any atom is 0.232 e. The van der Waals surface area contributed by atoms with Crippen LogP contribution in [0.15, 0.2) is 54.9 Å². The lowest BCUT2D eigenvalue weighted by molar-refractivity contribution is 0.455. The Bertz CT molecular complexity index is 1160. The van der Waals surface area contributed by atoms with Crippen LogP contribution < -0.4 is 16.4 Å². The first-order chi connectivity index (χ1) is 13.5. The molecule has 3 aromatic carbocycles. The van der Waals surface area contributed by atoms with E-state index in [1.807, 2.05) is 0 Å². The zero-order chi connectivity index (χ0) is 19.7. The van der Waals surface area contributed by atoms with Gasteiger partial charge in [0.25, 0.3) is 0 Å². The zero-order valence-corrected chi connectivity index (χ0v) is 14.5. The molecule has 7 N–H and O–H groups in total. The van der Waals surface area contributed by atoms with Gasteiger partial charge in [-0.15, -0.1) is 0 Å². The Morgan fingerprint density at radius 3 is 2.14 bits per heavy atom. The van der Waals surface area contributed by atoms with E-state index in [0.717, 1.165) is 5.69 Å². The number of fused-ring (bicyclic) bond motifs is 1. The van der Waals surface area contributed by atoms with Crippen LogP contribution in [0.5, 0.6) is 17.2 Å². The van der Waals surface area contributed by atoms with E-state index in [-0.39, 0.29) is 23.2 Å². The lowest BCUT2D eigenvalue weighted by Gasteiger charge is -2.12. The second kappa shape index (κ2) is 6.80. The lowest BCUT2D eigenvalue weighted by atomic mass is 10.1. The predicted molar refractivity (Wildman–Crippen MR) is 106 cm³/mol.